The van der Waals surface area contributed by atoms with Crippen molar-refractivity contribution < 1.29 is 0 Å². The number of aromatic nitrogens is 1. The van der Waals surface area contributed by atoms with Crippen molar-refractivity contribution in [2.75, 3.05) is 0 Å². The van der Waals surface area contributed by atoms with Crippen LogP contribution in [-0.4, -0.2) is 4.98 Å². The third-order valence-electron chi connectivity index (χ3n) is 4.08. The summed E-state index contributed by atoms with van der Waals surface area (Å²) in [5.41, 5.74) is 6.68. The Kier molecular flexibility index (Phi) is 2.63. The van der Waals surface area contributed by atoms with Gasteiger partial charge in [-0.15, -0.1) is 0 Å². The fraction of sp³-hybridized carbons (Fsp3) is 0.105. The van der Waals surface area contributed by atoms with Crippen molar-refractivity contribution in [3.05, 3.63) is 101 Å². The van der Waals surface area contributed by atoms with Gasteiger partial charge >= 0.3 is 0 Å². The molecule has 0 amide bonds. The van der Waals surface area contributed by atoms with Gasteiger partial charge in [0.15, 0.2) is 0 Å². The van der Waals surface area contributed by atoms with Gasteiger partial charge in [-0.2, -0.15) is 0 Å². The SMILES string of the molecule is c1ccc(C2c3ccccc3Cc3cccnc32)cc1. The maximum atomic E-state index is 4.68. The highest BCUT2D eigenvalue weighted by atomic mass is 14.7. The number of fused-ring (bicyclic) bond motifs is 2. The fourth-order valence-electron chi connectivity index (χ4n) is 3.17. The van der Waals surface area contributed by atoms with Gasteiger partial charge in [0, 0.05) is 6.20 Å². The summed E-state index contributed by atoms with van der Waals surface area (Å²) in [7, 11) is 0. The molecule has 1 nitrogen and oxygen atoms in total. The van der Waals surface area contributed by atoms with Gasteiger partial charge in [-0.25, -0.2) is 0 Å². The van der Waals surface area contributed by atoms with E-state index in [1.54, 1.807) is 0 Å². The first-order valence-corrected chi connectivity index (χ1v) is 7.00. The summed E-state index contributed by atoms with van der Waals surface area (Å²) in [6, 6.07) is 23.7. The smallest absolute Gasteiger partial charge is 0.0557 e. The maximum absolute atomic E-state index is 4.68. The van der Waals surface area contributed by atoms with Crippen molar-refractivity contribution in [3.8, 4) is 0 Å². The van der Waals surface area contributed by atoms with Crippen LogP contribution in [0.25, 0.3) is 0 Å². The first-order valence-electron chi connectivity index (χ1n) is 7.00. The number of hydrogen-bond donors (Lipinski definition) is 0. The highest BCUT2D eigenvalue weighted by Crippen LogP contribution is 2.39. The molecular weight excluding hydrogens is 242 g/mol. The largest absolute Gasteiger partial charge is 0.260 e. The summed E-state index contributed by atoms with van der Waals surface area (Å²) in [5.74, 6) is 0.261. The Hall–Kier alpha value is -2.41. The quantitative estimate of drug-likeness (QED) is 0.499. The van der Waals surface area contributed by atoms with E-state index in [1.165, 1.54) is 27.9 Å². The third-order valence-corrected chi connectivity index (χ3v) is 4.08. The van der Waals surface area contributed by atoms with E-state index < -0.39 is 0 Å². The predicted molar refractivity (Wildman–Crippen MR) is 80.9 cm³/mol. The van der Waals surface area contributed by atoms with Gasteiger partial charge in [0.05, 0.1) is 11.6 Å². The van der Waals surface area contributed by atoms with E-state index in [4.69, 9.17) is 0 Å². The Morgan fingerprint density at radius 1 is 0.750 bits per heavy atom. The van der Waals surface area contributed by atoms with Crippen LogP contribution < -0.4 is 0 Å². The Bertz CT molecular complexity index is 701. The molecular formula is C19H15N. The summed E-state index contributed by atoms with van der Waals surface area (Å²) < 4.78 is 0. The van der Waals surface area contributed by atoms with Crippen LogP contribution in [0.15, 0.2) is 72.9 Å². The second-order valence-electron chi connectivity index (χ2n) is 5.27. The van der Waals surface area contributed by atoms with Crippen LogP contribution >= 0.6 is 0 Å². The first-order chi connectivity index (χ1) is 9.93. The van der Waals surface area contributed by atoms with Crippen LogP contribution in [0, 0.1) is 0 Å². The van der Waals surface area contributed by atoms with E-state index in [9.17, 15) is 0 Å². The van der Waals surface area contributed by atoms with Crippen LogP contribution in [0.4, 0.5) is 0 Å². The molecule has 4 rings (SSSR count). The minimum Gasteiger partial charge on any atom is -0.260 e. The molecule has 0 saturated carbocycles. The summed E-state index contributed by atoms with van der Waals surface area (Å²) in [5, 5.41) is 0. The zero-order chi connectivity index (χ0) is 13.4. The number of benzene rings is 2. The highest BCUT2D eigenvalue weighted by molar-refractivity contribution is 5.51. The molecule has 1 unspecified atom stereocenters. The first kappa shape index (κ1) is 11.4. The molecule has 0 saturated heterocycles. The molecule has 0 bridgehead atoms. The van der Waals surface area contributed by atoms with Crippen LogP contribution in [0.5, 0.6) is 0 Å². The average Bonchev–Trinajstić information content (AvgIpc) is 2.53. The van der Waals surface area contributed by atoms with Gasteiger partial charge in [0.2, 0.25) is 0 Å². The lowest BCUT2D eigenvalue weighted by atomic mass is 9.77. The van der Waals surface area contributed by atoms with Gasteiger partial charge in [0.1, 0.15) is 0 Å². The molecule has 3 aromatic rings. The van der Waals surface area contributed by atoms with E-state index in [-0.39, 0.29) is 5.92 Å². The van der Waals surface area contributed by atoms with E-state index in [0.717, 1.165) is 6.42 Å². The van der Waals surface area contributed by atoms with Crippen molar-refractivity contribution in [2.24, 2.45) is 0 Å². The molecule has 1 atom stereocenters. The van der Waals surface area contributed by atoms with Gasteiger partial charge < -0.3 is 0 Å². The van der Waals surface area contributed by atoms with Gasteiger partial charge in [-0.1, -0.05) is 60.7 Å². The Morgan fingerprint density at radius 3 is 2.40 bits per heavy atom. The number of hydrogen-bond acceptors (Lipinski definition) is 1. The van der Waals surface area contributed by atoms with Crippen LogP contribution in [-0.2, 0) is 6.42 Å². The number of pyridine rings is 1. The van der Waals surface area contributed by atoms with Gasteiger partial charge in [0.25, 0.3) is 0 Å². The molecule has 1 heteroatoms. The Balaban J connectivity index is 1.98. The van der Waals surface area contributed by atoms with E-state index >= 15 is 0 Å². The highest BCUT2D eigenvalue weighted by Gasteiger charge is 2.27. The van der Waals surface area contributed by atoms with Crippen molar-refractivity contribution >= 4 is 0 Å². The van der Waals surface area contributed by atoms with Crippen molar-refractivity contribution in [3.63, 3.8) is 0 Å². The molecule has 0 N–H and O–H groups in total. The second-order valence-corrected chi connectivity index (χ2v) is 5.27. The minimum atomic E-state index is 0.261. The second kappa shape index (κ2) is 4.61. The molecule has 0 aliphatic heterocycles. The minimum absolute atomic E-state index is 0.261. The van der Waals surface area contributed by atoms with Crippen molar-refractivity contribution in [1.29, 1.82) is 0 Å². The zero-order valence-electron chi connectivity index (χ0n) is 11.2. The standard InChI is InChI=1S/C19H15N/c1-2-7-14(8-3-1)18-17-11-5-4-9-15(17)13-16-10-6-12-20-19(16)18/h1-12,18H,13H2. The monoisotopic (exact) mass is 257 g/mol. The van der Waals surface area contributed by atoms with Gasteiger partial charge in [-0.3, -0.25) is 4.98 Å². The number of rotatable bonds is 1. The van der Waals surface area contributed by atoms with Crippen LogP contribution in [0.1, 0.15) is 33.9 Å². The molecule has 1 aliphatic rings. The molecule has 0 fully saturated rings. The molecule has 1 aliphatic carbocycles. The van der Waals surface area contributed by atoms with Crippen LogP contribution in [0.3, 0.4) is 0 Å². The molecule has 2 aromatic carbocycles. The fourth-order valence-corrected chi connectivity index (χ4v) is 3.17. The summed E-state index contributed by atoms with van der Waals surface area (Å²) in [4.78, 5) is 4.68. The van der Waals surface area contributed by atoms with Gasteiger partial charge in [-0.05, 0) is 34.7 Å². The molecule has 0 spiro atoms. The zero-order valence-corrected chi connectivity index (χ0v) is 11.2. The average molecular weight is 257 g/mol. The molecule has 1 heterocycles. The van der Waals surface area contributed by atoms with Crippen molar-refractivity contribution in [1.82, 2.24) is 4.98 Å². The van der Waals surface area contributed by atoms with Crippen LogP contribution in [0.2, 0.25) is 0 Å². The lowest BCUT2D eigenvalue weighted by molar-refractivity contribution is 0.839. The molecule has 1 aromatic heterocycles. The number of nitrogens with zero attached hydrogens (tertiary/aromatic N) is 1. The summed E-state index contributed by atoms with van der Waals surface area (Å²) >= 11 is 0. The summed E-state index contributed by atoms with van der Waals surface area (Å²) in [6.45, 7) is 0. The van der Waals surface area contributed by atoms with E-state index in [0.29, 0.717) is 0 Å². The van der Waals surface area contributed by atoms with E-state index in [2.05, 4.69) is 65.6 Å². The van der Waals surface area contributed by atoms with E-state index in [1.807, 2.05) is 12.3 Å². The normalized spacial score (nSPS) is 16.3. The van der Waals surface area contributed by atoms with Crippen molar-refractivity contribution in [2.45, 2.75) is 12.3 Å². The lowest BCUT2D eigenvalue weighted by Gasteiger charge is -2.27. The molecule has 20 heavy (non-hydrogen) atoms. The Morgan fingerprint density at radius 2 is 1.50 bits per heavy atom. The predicted octanol–water partition coefficient (Wildman–Crippen LogP) is 4.17. The molecule has 0 radical (unpaired) electrons. The lowest BCUT2D eigenvalue weighted by Crippen LogP contribution is -2.16. The molecule has 96 valence electrons. The topological polar surface area (TPSA) is 12.9 Å². The maximum Gasteiger partial charge on any atom is 0.0557 e. The summed E-state index contributed by atoms with van der Waals surface area (Å²) in [6.07, 6.45) is 2.89. The third kappa shape index (κ3) is 1.75. The Labute approximate surface area is 118 Å².